The van der Waals surface area contributed by atoms with Gasteiger partial charge in [-0.1, -0.05) is 19.1 Å². The number of aliphatic hydroxyl groups excluding tert-OH is 2. The molecule has 2 saturated heterocycles. The Morgan fingerprint density at radius 1 is 1.24 bits per heavy atom. The summed E-state index contributed by atoms with van der Waals surface area (Å²) in [5.41, 5.74) is 1.15. The van der Waals surface area contributed by atoms with Crippen LogP contribution in [0.2, 0.25) is 0 Å². The Labute approximate surface area is 199 Å². The lowest BCUT2D eigenvalue weighted by Crippen LogP contribution is -2.65. The summed E-state index contributed by atoms with van der Waals surface area (Å²) in [6.07, 6.45) is -0.634. The van der Waals surface area contributed by atoms with Crippen LogP contribution in [0.3, 0.4) is 0 Å². The fourth-order valence-corrected chi connectivity index (χ4v) is 4.61. The quantitative estimate of drug-likeness (QED) is 0.446. The molecule has 0 spiro atoms. The van der Waals surface area contributed by atoms with Gasteiger partial charge in [0.05, 0.1) is 13.2 Å². The van der Waals surface area contributed by atoms with E-state index in [1.54, 1.807) is 11.9 Å². The number of rotatable bonds is 8. The number of benzene rings is 1. The van der Waals surface area contributed by atoms with Crippen molar-refractivity contribution in [1.29, 1.82) is 0 Å². The van der Waals surface area contributed by atoms with Gasteiger partial charge in [0.2, 0.25) is 0 Å². The first-order valence-electron chi connectivity index (χ1n) is 11.8. The Bertz CT molecular complexity index is 919. The van der Waals surface area contributed by atoms with E-state index in [4.69, 9.17) is 9.73 Å². The number of β-amino-alcohol motifs (C(OH)–C–C–N with tert-alkyl or cyclic N) is 2. The Hall–Kier alpha value is -2.89. The molecule has 0 saturated carbocycles. The van der Waals surface area contributed by atoms with Gasteiger partial charge in [-0.2, -0.15) is 0 Å². The molecule has 0 radical (unpaired) electrons. The Morgan fingerprint density at radius 3 is 2.71 bits per heavy atom. The average Bonchev–Trinajstić information content (AvgIpc) is 3.22. The lowest BCUT2D eigenvalue weighted by molar-refractivity contribution is -0.127. The molecule has 4 rings (SSSR count). The molecule has 1 aromatic carbocycles. The molecule has 3 aliphatic rings. The fraction of sp³-hybridized carbons (Fsp3) is 0.609. The van der Waals surface area contributed by atoms with Gasteiger partial charge < -0.3 is 29.6 Å². The standard InChI is InChI=1S/C23H34N6O5/c1-3-16-5-4-6-18(13-16)34-15-17(31)14-29-19-20(26(2)23(33)25-21(19)32)24-22(29)28-9-7-27(8-10-28)11-12-30/h4-6,13,17,19-20,30-31H,3,7-12,14-15H2,1-2H3,(H,25,32,33). The second-order valence-electron chi connectivity index (χ2n) is 8.86. The molecule has 34 heavy (non-hydrogen) atoms. The largest absolute Gasteiger partial charge is 0.491 e. The van der Waals surface area contributed by atoms with Crippen molar-refractivity contribution in [3.8, 4) is 5.75 Å². The van der Waals surface area contributed by atoms with Crippen LogP contribution in [0, 0.1) is 0 Å². The van der Waals surface area contributed by atoms with E-state index in [9.17, 15) is 19.8 Å². The number of aryl methyl sites for hydroxylation is 1. The van der Waals surface area contributed by atoms with Crippen LogP contribution in [0.1, 0.15) is 12.5 Å². The summed E-state index contributed by atoms with van der Waals surface area (Å²) in [5.74, 6) is 0.865. The highest BCUT2D eigenvalue weighted by molar-refractivity contribution is 6.03. The maximum absolute atomic E-state index is 12.8. The summed E-state index contributed by atoms with van der Waals surface area (Å²) < 4.78 is 5.82. The number of hydrogen-bond acceptors (Lipinski definition) is 9. The molecule has 3 atom stereocenters. The Kier molecular flexibility index (Phi) is 7.54. The molecule has 0 aliphatic carbocycles. The van der Waals surface area contributed by atoms with Crippen LogP contribution in [-0.4, -0.2) is 126 Å². The summed E-state index contributed by atoms with van der Waals surface area (Å²) in [6.45, 7) is 5.84. The van der Waals surface area contributed by atoms with E-state index in [2.05, 4.69) is 22.0 Å². The minimum atomic E-state index is -0.874. The van der Waals surface area contributed by atoms with Gasteiger partial charge in [0.25, 0.3) is 5.91 Å². The molecule has 11 nitrogen and oxygen atoms in total. The number of piperazine rings is 1. The number of carbonyl (C=O) groups is 2. The molecule has 11 heteroatoms. The summed E-state index contributed by atoms with van der Waals surface area (Å²) in [7, 11) is 1.61. The molecule has 0 bridgehead atoms. The highest BCUT2D eigenvalue weighted by Crippen LogP contribution is 2.26. The summed E-state index contributed by atoms with van der Waals surface area (Å²) in [6, 6.07) is 6.55. The number of hydrogen-bond donors (Lipinski definition) is 3. The van der Waals surface area contributed by atoms with Crippen LogP contribution >= 0.6 is 0 Å². The van der Waals surface area contributed by atoms with E-state index in [-0.39, 0.29) is 19.8 Å². The third-order valence-corrected chi connectivity index (χ3v) is 6.57. The number of fused-ring (bicyclic) bond motifs is 1. The average molecular weight is 475 g/mol. The smallest absolute Gasteiger partial charge is 0.325 e. The van der Waals surface area contributed by atoms with Gasteiger partial charge in [0.1, 0.15) is 18.5 Å². The van der Waals surface area contributed by atoms with E-state index in [0.29, 0.717) is 31.3 Å². The molecule has 2 fully saturated rings. The van der Waals surface area contributed by atoms with Crippen molar-refractivity contribution in [3.05, 3.63) is 29.8 Å². The Balaban J connectivity index is 1.47. The van der Waals surface area contributed by atoms with Gasteiger partial charge in [-0.05, 0) is 24.1 Å². The van der Waals surface area contributed by atoms with Gasteiger partial charge in [-0.25, -0.2) is 9.79 Å². The molecule has 3 heterocycles. The number of likely N-dealkylation sites (N-methyl/N-ethyl adjacent to an activating group) is 1. The van der Waals surface area contributed by atoms with Crippen LogP contribution in [0.4, 0.5) is 4.79 Å². The van der Waals surface area contributed by atoms with Gasteiger partial charge >= 0.3 is 6.03 Å². The minimum absolute atomic E-state index is 0.0645. The van der Waals surface area contributed by atoms with Crippen LogP contribution < -0.4 is 10.1 Å². The maximum atomic E-state index is 12.8. The molecular weight excluding hydrogens is 440 g/mol. The van der Waals surface area contributed by atoms with Crippen molar-refractivity contribution < 1.29 is 24.5 Å². The number of nitrogens with one attached hydrogen (secondary N) is 1. The van der Waals surface area contributed by atoms with Gasteiger partial charge in [0, 0.05) is 39.8 Å². The van der Waals surface area contributed by atoms with Crippen molar-refractivity contribution in [1.82, 2.24) is 24.9 Å². The predicted octanol–water partition coefficient (Wildman–Crippen LogP) is -0.853. The normalized spacial score (nSPS) is 24.1. The summed E-state index contributed by atoms with van der Waals surface area (Å²) >= 11 is 0. The van der Waals surface area contributed by atoms with Crippen molar-refractivity contribution in [2.45, 2.75) is 31.7 Å². The van der Waals surface area contributed by atoms with E-state index in [1.807, 2.05) is 24.3 Å². The molecule has 186 valence electrons. The maximum Gasteiger partial charge on any atom is 0.325 e. The monoisotopic (exact) mass is 474 g/mol. The lowest BCUT2D eigenvalue weighted by Gasteiger charge is -2.40. The fourth-order valence-electron chi connectivity index (χ4n) is 4.61. The van der Waals surface area contributed by atoms with E-state index < -0.39 is 30.2 Å². The first kappa shape index (κ1) is 24.2. The van der Waals surface area contributed by atoms with Crippen molar-refractivity contribution in [2.24, 2.45) is 4.99 Å². The highest BCUT2D eigenvalue weighted by atomic mass is 16.5. The number of guanidine groups is 1. The van der Waals surface area contributed by atoms with E-state index in [0.717, 1.165) is 25.1 Å². The zero-order valence-electron chi connectivity index (χ0n) is 19.8. The number of ether oxygens (including phenoxy) is 1. The Morgan fingerprint density at radius 2 is 2.00 bits per heavy atom. The lowest BCUT2D eigenvalue weighted by atomic mass is 10.1. The van der Waals surface area contributed by atoms with Crippen LogP contribution in [-0.2, 0) is 11.2 Å². The zero-order valence-corrected chi connectivity index (χ0v) is 19.8. The van der Waals surface area contributed by atoms with Crippen LogP contribution in [0.5, 0.6) is 5.75 Å². The minimum Gasteiger partial charge on any atom is -0.491 e. The van der Waals surface area contributed by atoms with E-state index in [1.165, 1.54) is 4.90 Å². The molecular formula is C23H34N6O5. The number of aliphatic hydroxyl groups is 2. The number of carbonyl (C=O) groups excluding carboxylic acids is 2. The third kappa shape index (κ3) is 5.11. The SMILES string of the molecule is CCc1cccc(OCC(O)CN2C(N3CCN(CCO)CC3)=NC3C2C(=O)NC(=O)N3C)c1. The first-order valence-corrected chi connectivity index (χ1v) is 11.8. The highest BCUT2D eigenvalue weighted by Gasteiger charge is 2.50. The summed E-state index contributed by atoms with van der Waals surface area (Å²) in [5, 5.41) is 22.4. The van der Waals surface area contributed by atoms with Gasteiger partial charge in [-0.15, -0.1) is 0 Å². The topological polar surface area (TPSA) is 121 Å². The number of aliphatic imine (C=N–C) groups is 1. The molecule has 3 aliphatic heterocycles. The van der Waals surface area contributed by atoms with Crippen LogP contribution in [0.15, 0.2) is 29.3 Å². The molecule has 0 aromatic heterocycles. The van der Waals surface area contributed by atoms with Gasteiger partial charge in [-0.3, -0.25) is 15.0 Å². The number of amides is 3. The molecule has 3 amide bonds. The first-order chi connectivity index (χ1) is 16.4. The summed E-state index contributed by atoms with van der Waals surface area (Å²) in [4.78, 5) is 37.2. The second kappa shape index (κ2) is 10.6. The molecule has 1 aromatic rings. The zero-order chi connectivity index (χ0) is 24.2. The number of urea groups is 1. The van der Waals surface area contributed by atoms with Crippen molar-refractivity contribution >= 4 is 17.9 Å². The molecule has 3 N–H and O–H groups in total. The van der Waals surface area contributed by atoms with Crippen molar-refractivity contribution in [3.63, 3.8) is 0 Å². The second-order valence-corrected chi connectivity index (χ2v) is 8.86. The van der Waals surface area contributed by atoms with E-state index >= 15 is 0 Å². The predicted molar refractivity (Wildman–Crippen MR) is 125 cm³/mol. The van der Waals surface area contributed by atoms with Crippen LogP contribution in [0.25, 0.3) is 0 Å². The third-order valence-electron chi connectivity index (χ3n) is 6.57. The number of imide groups is 1. The molecule has 3 unspecified atom stereocenters. The number of nitrogens with zero attached hydrogens (tertiary/aromatic N) is 5. The van der Waals surface area contributed by atoms with Crippen molar-refractivity contribution in [2.75, 3.05) is 59.5 Å². The van der Waals surface area contributed by atoms with Gasteiger partial charge in [0.15, 0.2) is 18.2 Å².